The Morgan fingerprint density at radius 3 is 2.54 bits per heavy atom. The van der Waals surface area contributed by atoms with Crippen molar-refractivity contribution < 1.29 is 4.79 Å². The maximum atomic E-state index is 12.5. The third-order valence-electron chi connectivity index (χ3n) is 5.47. The van der Waals surface area contributed by atoms with E-state index in [1.165, 1.54) is 16.5 Å². The summed E-state index contributed by atoms with van der Waals surface area (Å²) in [6.45, 7) is 6.47. The molecule has 5 nitrogen and oxygen atoms in total. The van der Waals surface area contributed by atoms with Gasteiger partial charge in [-0.3, -0.25) is 9.69 Å². The van der Waals surface area contributed by atoms with Gasteiger partial charge in [-0.1, -0.05) is 18.2 Å². The fourth-order valence-electron chi connectivity index (χ4n) is 4.05. The minimum absolute atomic E-state index is 0.235. The van der Waals surface area contributed by atoms with Crippen molar-refractivity contribution in [3.8, 4) is 0 Å². The topological polar surface area (TPSA) is 31.7 Å². The average Bonchev–Trinajstić information content (AvgIpc) is 2.94. The maximum absolute atomic E-state index is 12.5. The van der Waals surface area contributed by atoms with Crippen molar-refractivity contribution in [1.29, 1.82) is 0 Å². The molecule has 128 valence electrons. The van der Waals surface area contributed by atoms with Gasteiger partial charge in [0.05, 0.1) is 11.4 Å². The van der Waals surface area contributed by atoms with Crippen LogP contribution in [0.15, 0.2) is 30.5 Å². The smallest absolute Gasteiger partial charge is 0.228 e. The first-order valence-corrected chi connectivity index (χ1v) is 8.84. The quantitative estimate of drug-likeness (QED) is 0.854. The molecule has 5 heteroatoms. The molecule has 0 spiro atoms. The van der Waals surface area contributed by atoms with Crippen LogP contribution in [0.4, 0.5) is 0 Å². The Bertz CT molecular complexity index is 739. The lowest BCUT2D eigenvalue weighted by molar-refractivity contribution is -0.142. The monoisotopic (exact) mass is 326 g/mol. The lowest BCUT2D eigenvalue weighted by Crippen LogP contribution is -2.56. The van der Waals surface area contributed by atoms with Crippen molar-refractivity contribution in [2.24, 2.45) is 13.0 Å². The van der Waals surface area contributed by atoms with E-state index in [-0.39, 0.29) is 5.92 Å². The molecule has 2 aromatic rings. The number of hydrogen-bond donors (Lipinski definition) is 0. The summed E-state index contributed by atoms with van der Waals surface area (Å²) in [6, 6.07) is 8.71. The summed E-state index contributed by atoms with van der Waals surface area (Å²) >= 11 is 0. The summed E-state index contributed by atoms with van der Waals surface area (Å²) < 4.78 is 2.21. The molecule has 1 aromatic carbocycles. The molecule has 1 aromatic heterocycles. The molecular weight excluding hydrogens is 300 g/mol. The first-order chi connectivity index (χ1) is 11.6. The highest BCUT2D eigenvalue weighted by Crippen LogP contribution is 2.22. The first-order valence-electron chi connectivity index (χ1n) is 8.84. The Hall–Kier alpha value is -1.85. The molecule has 24 heavy (non-hydrogen) atoms. The zero-order valence-electron chi connectivity index (χ0n) is 14.6. The first kappa shape index (κ1) is 15.7. The molecule has 2 aliphatic rings. The molecule has 2 fully saturated rings. The number of amides is 1. The Kier molecular flexibility index (Phi) is 4.06. The van der Waals surface area contributed by atoms with Crippen molar-refractivity contribution >= 4 is 16.8 Å². The van der Waals surface area contributed by atoms with Gasteiger partial charge in [-0.2, -0.15) is 0 Å². The highest BCUT2D eigenvalue weighted by Gasteiger charge is 2.34. The number of benzene rings is 1. The number of rotatable bonds is 3. The van der Waals surface area contributed by atoms with Gasteiger partial charge in [0.1, 0.15) is 0 Å². The lowest BCUT2D eigenvalue weighted by Gasteiger charge is -2.41. The van der Waals surface area contributed by atoms with Gasteiger partial charge in [0, 0.05) is 59.1 Å². The van der Waals surface area contributed by atoms with E-state index in [2.05, 4.69) is 63.8 Å². The summed E-state index contributed by atoms with van der Waals surface area (Å²) in [6.07, 6.45) is 2.13. The van der Waals surface area contributed by atoms with Crippen LogP contribution >= 0.6 is 0 Å². The Labute approximate surface area is 143 Å². The van der Waals surface area contributed by atoms with Gasteiger partial charge in [0.2, 0.25) is 5.91 Å². The number of carbonyl (C=O) groups is 1. The van der Waals surface area contributed by atoms with E-state index in [0.717, 1.165) is 45.8 Å². The Morgan fingerprint density at radius 1 is 1.08 bits per heavy atom. The van der Waals surface area contributed by atoms with Crippen LogP contribution in [0.25, 0.3) is 10.9 Å². The molecule has 0 saturated carbocycles. The van der Waals surface area contributed by atoms with Gasteiger partial charge in [-0.25, -0.2) is 0 Å². The van der Waals surface area contributed by atoms with Crippen LogP contribution in [-0.2, 0) is 18.4 Å². The fraction of sp³-hybridized carbons (Fsp3) is 0.526. The van der Waals surface area contributed by atoms with Crippen molar-refractivity contribution in [3.05, 3.63) is 36.0 Å². The van der Waals surface area contributed by atoms with Crippen molar-refractivity contribution in [3.63, 3.8) is 0 Å². The number of piperazine rings is 1. The number of likely N-dealkylation sites (tertiary alicyclic amines) is 1. The van der Waals surface area contributed by atoms with E-state index in [1.54, 1.807) is 0 Å². The summed E-state index contributed by atoms with van der Waals surface area (Å²) in [4.78, 5) is 19.2. The van der Waals surface area contributed by atoms with Gasteiger partial charge in [0.25, 0.3) is 0 Å². The lowest BCUT2D eigenvalue weighted by atomic mass is 9.99. The summed E-state index contributed by atoms with van der Waals surface area (Å²) in [7, 11) is 4.18. The molecule has 2 saturated heterocycles. The number of nitrogens with zero attached hydrogens (tertiary/aromatic N) is 4. The number of aromatic nitrogens is 1. The van der Waals surface area contributed by atoms with Gasteiger partial charge in [-0.05, 0) is 24.1 Å². The third kappa shape index (κ3) is 2.82. The van der Waals surface area contributed by atoms with E-state index < -0.39 is 0 Å². The van der Waals surface area contributed by atoms with E-state index in [4.69, 9.17) is 0 Å². The molecular formula is C19H26N4O. The highest BCUT2D eigenvalue weighted by molar-refractivity contribution is 5.83. The van der Waals surface area contributed by atoms with Crippen LogP contribution in [0.3, 0.4) is 0 Å². The van der Waals surface area contributed by atoms with Crippen molar-refractivity contribution in [2.45, 2.75) is 6.54 Å². The molecule has 4 rings (SSSR count). The second kappa shape index (κ2) is 6.22. The van der Waals surface area contributed by atoms with Crippen LogP contribution in [0.1, 0.15) is 5.56 Å². The number of fused-ring (bicyclic) bond motifs is 1. The predicted octanol–water partition coefficient (Wildman–Crippen LogP) is 1.38. The number of para-hydroxylation sites is 1. The van der Waals surface area contributed by atoms with Crippen molar-refractivity contribution in [1.82, 2.24) is 19.3 Å². The van der Waals surface area contributed by atoms with E-state index in [1.807, 2.05) is 0 Å². The standard InChI is InChI=1S/C19H26N4O/c1-20-12-17(13-20)19(24)23-10-8-22(9-11-23)14-16-5-3-4-15-6-7-21(2)18(15)16/h3-7,17H,8-14H2,1-2H3. The zero-order chi connectivity index (χ0) is 16.7. The third-order valence-corrected chi connectivity index (χ3v) is 5.47. The summed E-state index contributed by atoms with van der Waals surface area (Å²) in [5, 5.41) is 1.30. The van der Waals surface area contributed by atoms with Crippen LogP contribution in [-0.4, -0.2) is 71.5 Å². The average molecular weight is 326 g/mol. The second-order valence-corrected chi connectivity index (χ2v) is 7.30. The highest BCUT2D eigenvalue weighted by atomic mass is 16.2. The van der Waals surface area contributed by atoms with Crippen LogP contribution in [0.5, 0.6) is 0 Å². The SMILES string of the molecule is CN1CC(C(=O)N2CCN(Cc3cccc4ccn(C)c34)CC2)C1. The molecule has 0 aliphatic carbocycles. The van der Waals surface area contributed by atoms with Gasteiger partial charge >= 0.3 is 0 Å². The molecule has 3 heterocycles. The number of carbonyl (C=O) groups excluding carboxylic acids is 1. The molecule has 0 radical (unpaired) electrons. The largest absolute Gasteiger partial charge is 0.350 e. The summed E-state index contributed by atoms with van der Waals surface area (Å²) in [5.74, 6) is 0.593. The molecule has 0 unspecified atom stereocenters. The fourth-order valence-corrected chi connectivity index (χ4v) is 4.05. The molecule has 0 bridgehead atoms. The Morgan fingerprint density at radius 2 is 1.83 bits per heavy atom. The van der Waals surface area contributed by atoms with E-state index in [9.17, 15) is 4.79 Å². The van der Waals surface area contributed by atoms with Crippen LogP contribution in [0.2, 0.25) is 0 Å². The van der Waals surface area contributed by atoms with Crippen LogP contribution in [0, 0.1) is 5.92 Å². The Balaban J connectivity index is 1.38. The van der Waals surface area contributed by atoms with Gasteiger partial charge in [-0.15, -0.1) is 0 Å². The second-order valence-electron chi connectivity index (χ2n) is 7.30. The molecule has 2 aliphatic heterocycles. The van der Waals surface area contributed by atoms with Gasteiger partial charge < -0.3 is 14.4 Å². The van der Waals surface area contributed by atoms with E-state index >= 15 is 0 Å². The molecule has 0 atom stereocenters. The van der Waals surface area contributed by atoms with Crippen LogP contribution < -0.4 is 0 Å². The summed E-state index contributed by atoms with van der Waals surface area (Å²) in [5.41, 5.74) is 2.70. The van der Waals surface area contributed by atoms with E-state index in [0.29, 0.717) is 5.91 Å². The zero-order valence-corrected chi connectivity index (χ0v) is 14.6. The number of aryl methyl sites for hydroxylation is 1. The normalized spacial score (nSPS) is 20.5. The minimum Gasteiger partial charge on any atom is -0.350 e. The van der Waals surface area contributed by atoms with Crippen molar-refractivity contribution in [2.75, 3.05) is 46.3 Å². The maximum Gasteiger partial charge on any atom is 0.228 e. The number of hydrogen-bond acceptors (Lipinski definition) is 3. The molecule has 1 amide bonds. The molecule has 0 N–H and O–H groups in total. The van der Waals surface area contributed by atoms with Gasteiger partial charge in [0.15, 0.2) is 0 Å². The minimum atomic E-state index is 0.235. The predicted molar refractivity (Wildman–Crippen MR) is 95.8 cm³/mol.